The molecule has 78 valence electrons. The highest BCUT2D eigenvalue weighted by molar-refractivity contribution is 7.91. The van der Waals surface area contributed by atoms with Gasteiger partial charge in [-0.1, -0.05) is 4.40 Å². The van der Waals surface area contributed by atoms with E-state index in [2.05, 4.69) is 9.38 Å². The second-order valence-electron chi connectivity index (χ2n) is 4.06. The predicted octanol–water partition coefficient (Wildman–Crippen LogP) is 1.30. The molecule has 0 bridgehead atoms. The standard InChI is InChI=1S/C9H15N3OS/c1-9(2,3)14(13)11-5-8-6-12(4)7-10-8/h5-7H,1-4H3. The molecule has 1 heterocycles. The van der Waals surface area contributed by atoms with E-state index in [4.69, 9.17) is 0 Å². The van der Waals surface area contributed by atoms with Gasteiger partial charge in [0.15, 0.2) is 0 Å². The third-order valence-electron chi connectivity index (χ3n) is 1.53. The number of aryl methyl sites for hydroxylation is 1. The van der Waals surface area contributed by atoms with Gasteiger partial charge in [0.1, 0.15) is 28.0 Å². The van der Waals surface area contributed by atoms with E-state index in [1.807, 2.05) is 38.6 Å². The Bertz CT molecular complexity index is 327. The molecule has 1 unspecified atom stereocenters. The van der Waals surface area contributed by atoms with Gasteiger partial charge >= 0.3 is 0 Å². The second-order valence-corrected chi connectivity index (χ2v) is 5.99. The minimum absolute atomic E-state index is 0.314. The lowest BCUT2D eigenvalue weighted by Gasteiger charge is -2.17. The fourth-order valence-corrected chi connectivity index (χ4v) is 1.28. The van der Waals surface area contributed by atoms with Crippen molar-refractivity contribution in [2.75, 3.05) is 0 Å². The van der Waals surface area contributed by atoms with Crippen LogP contribution < -0.4 is 0 Å². The van der Waals surface area contributed by atoms with E-state index in [-0.39, 0.29) is 4.75 Å². The Morgan fingerprint density at radius 2 is 2.21 bits per heavy atom. The average molecular weight is 213 g/mol. The van der Waals surface area contributed by atoms with Crippen molar-refractivity contribution in [1.29, 1.82) is 0 Å². The highest BCUT2D eigenvalue weighted by Crippen LogP contribution is 2.16. The molecule has 1 aromatic heterocycles. The maximum absolute atomic E-state index is 11.5. The quantitative estimate of drug-likeness (QED) is 0.549. The van der Waals surface area contributed by atoms with Gasteiger partial charge in [0.05, 0.1) is 6.33 Å². The molecule has 14 heavy (non-hydrogen) atoms. The average Bonchev–Trinajstić information content (AvgIpc) is 2.45. The molecule has 0 spiro atoms. The Morgan fingerprint density at radius 3 is 2.64 bits per heavy atom. The first-order valence-corrected chi connectivity index (χ1v) is 5.44. The summed E-state index contributed by atoms with van der Waals surface area (Å²) in [5.74, 6) is 0. The first-order valence-electron chi connectivity index (χ1n) is 4.33. The van der Waals surface area contributed by atoms with Crippen LogP contribution in [0.1, 0.15) is 26.5 Å². The van der Waals surface area contributed by atoms with Gasteiger partial charge in [0.25, 0.3) is 0 Å². The van der Waals surface area contributed by atoms with Gasteiger partial charge in [-0.05, 0) is 20.8 Å². The highest BCUT2D eigenvalue weighted by atomic mass is 32.2. The Morgan fingerprint density at radius 1 is 1.57 bits per heavy atom. The van der Waals surface area contributed by atoms with Crippen molar-refractivity contribution in [1.82, 2.24) is 9.55 Å². The minimum Gasteiger partial charge on any atom is -0.591 e. The number of imidazole rings is 1. The lowest BCUT2D eigenvalue weighted by atomic mass is 10.3. The van der Waals surface area contributed by atoms with Gasteiger partial charge in [0, 0.05) is 13.2 Å². The Labute approximate surface area is 87.4 Å². The van der Waals surface area contributed by atoms with E-state index in [9.17, 15) is 4.55 Å². The van der Waals surface area contributed by atoms with Crippen molar-refractivity contribution in [3.63, 3.8) is 0 Å². The molecule has 0 fully saturated rings. The summed E-state index contributed by atoms with van der Waals surface area (Å²) in [5.41, 5.74) is 0.727. The molecule has 0 aromatic carbocycles. The third kappa shape index (κ3) is 3.16. The SMILES string of the molecule is Cn1cnc(C=N[S+]([O-])C(C)(C)C)c1. The van der Waals surface area contributed by atoms with Crippen molar-refractivity contribution in [2.24, 2.45) is 11.4 Å². The fourth-order valence-electron chi connectivity index (χ4n) is 0.760. The molecule has 4 nitrogen and oxygen atoms in total. The number of nitrogens with zero attached hydrogens (tertiary/aromatic N) is 3. The molecule has 0 aliphatic carbocycles. The number of hydrogen-bond donors (Lipinski definition) is 0. The van der Waals surface area contributed by atoms with E-state index in [0.29, 0.717) is 0 Å². The van der Waals surface area contributed by atoms with Gasteiger partial charge < -0.3 is 9.12 Å². The van der Waals surface area contributed by atoms with Crippen LogP contribution in [0.25, 0.3) is 0 Å². The van der Waals surface area contributed by atoms with Crippen molar-refractivity contribution in [3.8, 4) is 0 Å². The van der Waals surface area contributed by atoms with Crippen molar-refractivity contribution < 1.29 is 4.55 Å². The topological polar surface area (TPSA) is 53.2 Å². The fraction of sp³-hybridized carbons (Fsp3) is 0.556. The summed E-state index contributed by atoms with van der Waals surface area (Å²) in [6.07, 6.45) is 5.05. The van der Waals surface area contributed by atoms with Crippen LogP contribution in [0.5, 0.6) is 0 Å². The number of hydrogen-bond acceptors (Lipinski definition) is 3. The summed E-state index contributed by atoms with van der Waals surface area (Å²) < 4.78 is 17.0. The first kappa shape index (κ1) is 11.3. The van der Waals surface area contributed by atoms with Crippen LogP contribution in [0, 0.1) is 0 Å². The molecule has 0 amide bonds. The smallest absolute Gasteiger partial charge is 0.144 e. The molecular weight excluding hydrogens is 198 g/mol. The normalized spacial score (nSPS) is 14.9. The van der Waals surface area contributed by atoms with Crippen LogP contribution >= 0.6 is 0 Å². The minimum atomic E-state index is -1.21. The lowest BCUT2D eigenvalue weighted by molar-refractivity contribution is 0.562. The highest BCUT2D eigenvalue weighted by Gasteiger charge is 2.25. The van der Waals surface area contributed by atoms with Crippen LogP contribution in [-0.4, -0.2) is 25.1 Å². The maximum atomic E-state index is 11.5. The summed E-state index contributed by atoms with van der Waals surface area (Å²) in [5, 5.41) is 0. The zero-order valence-electron chi connectivity index (χ0n) is 8.89. The molecule has 0 radical (unpaired) electrons. The molecule has 1 rings (SSSR count). The summed E-state index contributed by atoms with van der Waals surface area (Å²) in [7, 11) is 1.88. The van der Waals surface area contributed by atoms with Crippen molar-refractivity contribution in [3.05, 3.63) is 18.2 Å². The molecule has 0 saturated heterocycles. The molecule has 0 aliphatic rings. The molecule has 0 N–H and O–H groups in total. The van der Waals surface area contributed by atoms with Crippen LogP contribution in [0.2, 0.25) is 0 Å². The van der Waals surface area contributed by atoms with E-state index in [0.717, 1.165) is 5.69 Å². The molecule has 0 aliphatic heterocycles. The summed E-state index contributed by atoms with van der Waals surface area (Å²) in [6, 6.07) is 0. The third-order valence-corrected chi connectivity index (χ3v) is 2.87. The first-order chi connectivity index (χ1) is 6.39. The Hall–Kier alpha value is -0.810. The number of aromatic nitrogens is 2. The maximum Gasteiger partial charge on any atom is 0.144 e. The molecule has 1 atom stereocenters. The molecule has 0 saturated carbocycles. The van der Waals surface area contributed by atoms with Gasteiger partial charge in [0.2, 0.25) is 0 Å². The van der Waals surface area contributed by atoms with E-state index >= 15 is 0 Å². The Kier molecular flexibility index (Phi) is 3.34. The molecule has 5 heteroatoms. The summed E-state index contributed by atoms with van der Waals surface area (Å²) >= 11 is -1.21. The monoisotopic (exact) mass is 213 g/mol. The van der Waals surface area contributed by atoms with Gasteiger partial charge in [-0.15, -0.1) is 0 Å². The van der Waals surface area contributed by atoms with Gasteiger partial charge in [-0.3, -0.25) is 0 Å². The van der Waals surface area contributed by atoms with Crippen LogP contribution in [0.15, 0.2) is 16.9 Å². The van der Waals surface area contributed by atoms with Crippen LogP contribution in [0.4, 0.5) is 0 Å². The largest absolute Gasteiger partial charge is 0.591 e. The molecular formula is C9H15N3OS. The summed E-state index contributed by atoms with van der Waals surface area (Å²) in [6.45, 7) is 5.66. The second kappa shape index (κ2) is 4.14. The Balaban J connectivity index is 2.65. The van der Waals surface area contributed by atoms with E-state index in [1.54, 1.807) is 12.5 Å². The summed E-state index contributed by atoms with van der Waals surface area (Å²) in [4.78, 5) is 4.05. The lowest BCUT2D eigenvalue weighted by Crippen LogP contribution is -2.25. The molecule has 1 aromatic rings. The predicted molar refractivity (Wildman–Crippen MR) is 58.7 cm³/mol. The zero-order chi connectivity index (χ0) is 10.8. The van der Waals surface area contributed by atoms with Crippen molar-refractivity contribution in [2.45, 2.75) is 25.5 Å². The number of rotatable bonds is 2. The zero-order valence-corrected chi connectivity index (χ0v) is 9.71. The van der Waals surface area contributed by atoms with Gasteiger partial charge in [-0.2, -0.15) is 0 Å². The van der Waals surface area contributed by atoms with Crippen LogP contribution in [0.3, 0.4) is 0 Å². The van der Waals surface area contributed by atoms with Crippen molar-refractivity contribution >= 4 is 17.6 Å². The van der Waals surface area contributed by atoms with E-state index in [1.165, 1.54) is 0 Å². The van der Waals surface area contributed by atoms with Crippen LogP contribution in [-0.2, 0) is 18.4 Å². The van der Waals surface area contributed by atoms with E-state index < -0.39 is 11.4 Å². The van der Waals surface area contributed by atoms with Gasteiger partial charge in [-0.25, -0.2) is 4.98 Å².